The molecule has 0 radical (unpaired) electrons. The molecule has 0 saturated carbocycles. The summed E-state index contributed by atoms with van der Waals surface area (Å²) < 4.78 is 3.74. The van der Waals surface area contributed by atoms with Gasteiger partial charge in [-0.15, -0.1) is 0 Å². The van der Waals surface area contributed by atoms with Crippen LogP contribution in [0.3, 0.4) is 0 Å². The van der Waals surface area contributed by atoms with Gasteiger partial charge in [-0.05, 0) is 23.3 Å². The van der Waals surface area contributed by atoms with Crippen molar-refractivity contribution in [3.8, 4) is 11.1 Å². The zero-order chi connectivity index (χ0) is 20.5. The van der Waals surface area contributed by atoms with Gasteiger partial charge in [-0.25, -0.2) is 9.78 Å². The van der Waals surface area contributed by atoms with E-state index in [-0.39, 0.29) is 23.6 Å². The molecule has 4 aromatic rings. The Labute approximate surface area is 165 Å². The number of aromatic nitrogens is 4. The van der Waals surface area contributed by atoms with Gasteiger partial charge in [0.05, 0.1) is 6.33 Å². The Hall–Kier alpha value is -3.94. The van der Waals surface area contributed by atoms with Crippen LogP contribution in [0.15, 0.2) is 70.5 Å². The van der Waals surface area contributed by atoms with E-state index in [1.807, 2.05) is 54.6 Å². The van der Waals surface area contributed by atoms with Gasteiger partial charge in [0, 0.05) is 19.8 Å². The molecule has 2 aromatic carbocycles. The normalized spacial score (nSPS) is 11.0. The molecule has 0 saturated heterocycles. The summed E-state index contributed by atoms with van der Waals surface area (Å²) in [4.78, 5) is 41.1. The fourth-order valence-corrected chi connectivity index (χ4v) is 3.25. The third-order valence-electron chi connectivity index (χ3n) is 4.81. The van der Waals surface area contributed by atoms with Gasteiger partial charge in [0.2, 0.25) is 5.91 Å². The second-order valence-corrected chi connectivity index (χ2v) is 6.74. The van der Waals surface area contributed by atoms with Gasteiger partial charge in [0.25, 0.3) is 5.56 Å². The van der Waals surface area contributed by atoms with E-state index in [1.54, 1.807) is 0 Å². The van der Waals surface area contributed by atoms with Crippen LogP contribution in [-0.4, -0.2) is 24.6 Å². The van der Waals surface area contributed by atoms with Crippen molar-refractivity contribution < 1.29 is 4.79 Å². The van der Waals surface area contributed by atoms with E-state index in [2.05, 4.69) is 10.3 Å². The molecule has 146 valence electrons. The molecule has 0 unspecified atom stereocenters. The lowest BCUT2D eigenvalue weighted by molar-refractivity contribution is -0.116. The zero-order valence-electron chi connectivity index (χ0n) is 16.0. The molecule has 0 fully saturated rings. The summed E-state index contributed by atoms with van der Waals surface area (Å²) in [6.07, 6.45) is 1.39. The first-order valence-corrected chi connectivity index (χ1v) is 9.02. The van der Waals surface area contributed by atoms with Crippen LogP contribution in [0.2, 0.25) is 0 Å². The van der Waals surface area contributed by atoms with Gasteiger partial charge in [-0.2, -0.15) is 0 Å². The van der Waals surface area contributed by atoms with Crippen LogP contribution in [-0.2, 0) is 25.4 Å². The number of hydrogen-bond donors (Lipinski definition) is 1. The molecule has 1 N–H and O–H groups in total. The number of rotatable bonds is 4. The lowest BCUT2D eigenvalue weighted by atomic mass is 10.1. The summed E-state index contributed by atoms with van der Waals surface area (Å²) >= 11 is 0. The standard InChI is InChI=1S/C21H19N5O3/c1-24-19-18(20(28)25(2)21(24)29)26(13-22-19)12-17(27)23-16-10-8-15(9-11-16)14-6-4-3-5-7-14/h3-11,13H,12H2,1-2H3,(H,23,27). The minimum absolute atomic E-state index is 0.0929. The fraction of sp³-hybridized carbons (Fsp3) is 0.143. The first-order valence-electron chi connectivity index (χ1n) is 9.02. The maximum Gasteiger partial charge on any atom is 0.332 e. The predicted molar refractivity (Wildman–Crippen MR) is 111 cm³/mol. The molecule has 29 heavy (non-hydrogen) atoms. The van der Waals surface area contributed by atoms with E-state index in [4.69, 9.17) is 0 Å². The molecular weight excluding hydrogens is 370 g/mol. The number of anilines is 1. The molecule has 8 nitrogen and oxygen atoms in total. The number of carbonyl (C=O) groups is 1. The predicted octanol–water partition coefficient (Wildman–Crippen LogP) is 1.74. The van der Waals surface area contributed by atoms with E-state index in [9.17, 15) is 14.4 Å². The van der Waals surface area contributed by atoms with Crippen LogP contribution in [0.4, 0.5) is 5.69 Å². The summed E-state index contributed by atoms with van der Waals surface area (Å²) in [5, 5.41) is 2.82. The Morgan fingerprint density at radius 3 is 2.28 bits per heavy atom. The van der Waals surface area contributed by atoms with Crippen LogP contribution in [0, 0.1) is 0 Å². The second kappa shape index (κ2) is 7.23. The van der Waals surface area contributed by atoms with E-state index < -0.39 is 11.2 Å². The Balaban J connectivity index is 1.55. The highest BCUT2D eigenvalue weighted by molar-refractivity contribution is 5.91. The Kier molecular flexibility index (Phi) is 4.59. The SMILES string of the molecule is Cn1c(=O)c2c(ncn2CC(=O)Nc2ccc(-c3ccccc3)cc2)n(C)c1=O. The number of benzene rings is 2. The smallest absolute Gasteiger partial charge is 0.325 e. The largest absolute Gasteiger partial charge is 0.332 e. The van der Waals surface area contributed by atoms with Crippen molar-refractivity contribution in [1.29, 1.82) is 0 Å². The lowest BCUT2D eigenvalue weighted by Gasteiger charge is -2.09. The van der Waals surface area contributed by atoms with Gasteiger partial charge < -0.3 is 9.88 Å². The van der Waals surface area contributed by atoms with Crippen LogP contribution in [0.1, 0.15) is 0 Å². The molecule has 2 heterocycles. The second-order valence-electron chi connectivity index (χ2n) is 6.74. The average Bonchev–Trinajstić information content (AvgIpc) is 3.15. The minimum atomic E-state index is -0.486. The number of aryl methyl sites for hydroxylation is 1. The van der Waals surface area contributed by atoms with Crippen LogP contribution >= 0.6 is 0 Å². The summed E-state index contributed by atoms with van der Waals surface area (Å²) in [7, 11) is 2.94. The van der Waals surface area contributed by atoms with Gasteiger partial charge in [-0.1, -0.05) is 42.5 Å². The monoisotopic (exact) mass is 389 g/mol. The van der Waals surface area contributed by atoms with Crippen LogP contribution in [0.5, 0.6) is 0 Å². The number of nitrogens with one attached hydrogen (secondary N) is 1. The van der Waals surface area contributed by atoms with Crippen molar-refractivity contribution in [3.05, 3.63) is 81.8 Å². The van der Waals surface area contributed by atoms with Crippen molar-refractivity contribution in [2.45, 2.75) is 6.54 Å². The van der Waals surface area contributed by atoms with Crippen molar-refractivity contribution >= 4 is 22.8 Å². The number of fused-ring (bicyclic) bond motifs is 1. The Morgan fingerprint density at radius 2 is 1.59 bits per heavy atom. The highest BCUT2D eigenvalue weighted by atomic mass is 16.2. The van der Waals surface area contributed by atoms with Gasteiger partial charge in [0.15, 0.2) is 11.2 Å². The Bertz CT molecular complexity index is 1310. The fourth-order valence-electron chi connectivity index (χ4n) is 3.25. The van der Waals surface area contributed by atoms with Crippen molar-refractivity contribution in [2.75, 3.05) is 5.32 Å². The molecule has 1 amide bonds. The third kappa shape index (κ3) is 3.36. The summed E-state index contributed by atoms with van der Waals surface area (Å²) in [5.74, 6) is -0.298. The van der Waals surface area contributed by atoms with Gasteiger partial charge in [-0.3, -0.25) is 18.7 Å². The average molecular weight is 389 g/mol. The summed E-state index contributed by atoms with van der Waals surface area (Å²) in [6.45, 7) is -0.0929. The van der Waals surface area contributed by atoms with Crippen molar-refractivity contribution in [1.82, 2.24) is 18.7 Å². The van der Waals surface area contributed by atoms with E-state index in [0.29, 0.717) is 5.69 Å². The molecule has 0 aliphatic carbocycles. The zero-order valence-corrected chi connectivity index (χ0v) is 16.0. The molecule has 8 heteroatoms. The van der Waals surface area contributed by atoms with Crippen molar-refractivity contribution in [2.24, 2.45) is 14.1 Å². The van der Waals surface area contributed by atoms with Gasteiger partial charge in [0.1, 0.15) is 6.54 Å². The summed E-state index contributed by atoms with van der Waals surface area (Å²) in [5.41, 5.74) is 2.31. The molecule has 0 bridgehead atoms. The maximum absolute atomic E-state index is 12.5. The van der Waals surface area contributed by atoms with Crippen LogP contribution in [0.25, 0.3) is 22.3 Å². The molecular formula is C21H19N5O3. The number of amides is 1. The molecule has 0 aliphatic rings. The van der Waals surface area contributed by atoms with E-state index in [0.717, 1.165) is 15.7 Å². The molecule has 4 rings (SSSR count). The number of carbonyl (C=O) groups excluding carboxylic acids is 1. The quantitative estimate of drug-likeness (QED) is 0.576. The molecule has 2 aromatic heterocycles. The molecule has 0 atom stereocenters. The lowest BCUT2D eigenvalue weighted by Crippen LogP contribution is -2.37. The maximum atomic E-state index is 12.5. The van der Waals surface area contributed by atoms with Gasteiger partial charge >= 0.3 is 5.69 Å². The van der Waals surface area contributed by atoms with E-state index >= 15 is 0 Å². The molecule has 0 aliphatic heterocycles. The number of nitrogens with zero attached hydrogens (tertiary/aromatic N) is 4. The Morgan fingerprint density at radius 1 is 0.931 bits per heavy atom. The highest BCUT2D eigenvalue weighted by Gasteiger charge is 2.16. The molecule has 0 spiro atoms. The topological polar surface area (TPSA) is 90.9 Å². The van der Waals surface area contributed by atoms with E-state index in [1.165, 1.54) is 29.6 Å². The first-order chi connectivity index (χ1) is 14.0. The van der Waals surface area contributed by atoms with Crippen molar-refractivity contribution in [3.63, 3.8) is 0 Å². The summed E-state index contributed by atoms with van der Waals surface area (Å²) in [6, 6.07) is 17.5. The first kappa shape index (κ1) is 18.4. The highest BCUT2D eigenvalue weighted by Crippen LogP contribution is 2.21. The minimum Gasteiger partial charge on any atom is -0.325 e. The number of hydrogen-bond acceptors (Lipinski definition) is 4. The van der Waals surface area contributed by atoms with Crippen LogP contribution < -0.4 is 16.6 Å². The number of imidazole rings is 1. The third-order valence-corrected chi connectivity index (χ3v) is 4.81.